The lowest BCUT2D eigenvalue weighted by Crippen LogP contribution is -2.31. The number of nitrogens with zero attached hydrogens (tertiary/aromatic N) is 4. The van der Waals surface area contributed by atoms with Gasteiger partial charge in [-0.1, -0.05) is 66.4 Å². The SMILES string of the molecule is CCN(C(=O)CSc1nnc(Cc2ccccc2)n1-c1ccccc1)C1=CCCC1. The van der Waals surface area contributed by atoms with Gasteiger partial charge in [0.25, 0.3) is 0 Å². The van der Waals surface area contributed by atoms with E-state index in [9.17, 15) is 4.79 Å². The van der Waals surface area contributed by atoms with Gasteiger partial charge in [-0.15, -0.1) is 10.2 Å². The highest BCUT2D eigenvalue weighted by molar-refractivity contribution is 7.99. The molecule has 4 rings (SSSR count). The molecular weight excluding hydrogens is 392 g/mol. The third-order valence-electron chi connectivity index (χ3n) is 5.23. The number of carbonyl (C=O) groups is 1. The number of hydrogen-bond acceptors (Lipinski definition) is 4. The first kappa shape index (κ1) is 20.4. The van der Waals surface area contributed by atoms with Gasteiger partial charge < -0.3 is 4.90 Å². The van der Waals surface area contributed by atoms with Crippen LogP contribution in [0, 0.1) is 0 Å². The zero-order valence-corrected chi connectivity index (χ0v) is 18.0. The standard InChI is InChI=1S/C24H26N4OS/c1-2-27(20-13-9-10-14-20)23(29)18-30-24-26-25-22(17-19-11-5-3-6-12-19)28(24)21-15-7-4-8-16-21/h3-8,11-13,15-16H,2,9-10,14,17-18H2,1H3. The summed E-state index contributed by atoms with van der Waals surface area (Å²) in [6.45, 7) is 2.74. The van der Waals surface area contributed by atoms with E-state index in [4.69, 9.17) is 0 Å². The molecule has 0 saturated heterocycles. The number of amides is 1. The molecule has 154 valence electrons. The Morgan fingerprint density at radius 3 is 2.47 bits per heavy atom. The average Bonchev–Trinajstić information content (AvgIpc) is 3.45. The van der Waals surface area contributed by atoms with Crippen molar-refractivity contribution in [2.24, 2.45) is 0 Å². The smallest absolute Gasteiger partial charge is 0.237 e. The van der Waals surface area contributed by atoms with Crippen LogP contribution in [0.2, 0.25) is 0 Å². The van der Waals surface area contributed by atoms with Gasteiger partial charge in [-0.2, -0.15) is 0 Å². The normalized spacial score (nSPS) is 13.3. The number of rotatable bonds is 8. The van der Waals surface area contributed by atoms with E-state index in [0.717, 1.165) is 41.6 Å². The van der Waals surface area contributed by atoms with Gasteiger partial charge in [0.15, 0.2) is 5.16 Å². The van der Waals surface area contributed by atoms with Gasteiger partial charge in [-0.3, -0.25) is 9.36 Å². The second kappa shape index (κ2) is 9.76. The van der Waals surface area contributed by atoms with E-state index in [2.05, 4.69) is 33.0 Å². The zero-order chi connectivity index (χ0) is 20.8. The molecule has 1 heterocycles. The number of hydrogen-bond donors (Lipinski definition) is 0. The van der Waals surface area contributed by atoms with Crippen molar-refractivity contribution in [2.45, 2.75) is 37.8 Å². The number of para-hydroxylation sites is 1. The molecule has 1 aliphatic carbocycles. The van der Waals surface area contributed by atoms with Gasteiger partial charge in [-0.05, 0) is 43.9 Å². The minimum absolute atomic E-state index is 0.128. The fraction of sp³-hybridized carbons (Fsp3) is 0.292. The zero-order valence-electron chi connectivity index (χ0n) is 17.2. The first-order valence-corrected chi connectivity index (χ1v) is 11.4. The molecule has 1 aromatic heterocycles. The minimum Gasteiger partial charge on any atom is -0.316 e. The lowest BCUT2D eigenvalue weighted by atomic mass is 10.1. The number of carbonyl (C=O) groups excluding carboxylic acids is 1. The monoisotopic (exact) mass is 418 g/mol. The van der Waals surface area contributed by atoms with Crippen molar-refractivity contribution in [3.8, 4) is 5.69 Å². The summed E-state index contributed by atoms with van der Waals surface area (Å²) in [4.78, 5) is 14.8. The molecular formula is C24H26N4OS. The van der Waals surface area contributed by atoms with Crippen LogP contribution in [0.4, 0.5) is 0 Å². The van der Waals surface area contributed by atoms with Crippen molar-refractivity contribution in [1.82, 2.24) is 19.7 Å². The Bertz CT molecular complexity index is 1010. The number of thioether (sulfide) groups is 1. The highest BCUT2D eigenvalue weighted by Crippen LogP contribution is 2.26. The molecule has 1 aliphatic rings. The molecule has 0 saturated carbocycles. The Morgan fingerprint density at radius 2 is 1.80 bits per heavy atom. The second-order valence-corrected chi connectivity index (χ2v) is 8.19. The van der Waals surface area contributed by atoms with Crippen LogP contribution in [0.25, 0.3) is 5.69 Å². The predicted octanol–water partition coefficient (Wildman–Crippen LogP) is 4.87. The van der Waals surface area contributed by atoms with E-state index in [1.54, 1.807) is 0 Å². The van der Waals surface area contributed by atoms with Crippen molar-refractivity contribution >= 4 is 17.7 Å². The fourth-order valence-electron chi connectivity index (χ4n) is 3.77. The Labute approximate surface area is 181 Å². The number of allylic oxidation sites excluding steroid dienone is 2. The van der Waals surface area contributed by atoms with Gasteiger partial charge in [0.1, 0.15) is 5.82 Å². The van der Waals surface area contributed by atoms with Crippen LogP contribution in [0.5, 0.6) is 0 Å². The molecule has 6 heteroatoms. The summed E-state index contributed by atoms with van der Waals surface area (Å²) in [6.07, 6.45) is 6.07. The van der Waals surface area contributed by atoms with Crippen LogP contribution in [0.15, 0.2) is 77.6 Å². The van der Waals surface area contributed by atoms with Crippen molar-refractivity contribution in [3.63, 3.8) is 0 Å². The molecule has 3 aromatic rings. The summed E-state index contributed by atoms with van der Waals surface area (Å²) in [5.74, 6) is 1.35. The summed E-state index contributed by atoms with van der Waals surface area (Å²) in [5.41, 5.74) is 3.35. The molecule has 0 atom stereocenters. The summed E-state index contributed by atoms with van der Waals surface area (Å²) in [6, 6.07) is 20.4. The van der Waals surface area contributed by atoms with Crippen LogP contribution < -0.4 is 0 Å². The van der Waals surface area contributed by atoms with Gasteiger partial charge >= 0.3 is 0 Å². The summed E-state index contributed by atoms with van der Waals surface area (Å²) >= 11 is 1.45. The molecule has 0 fully saturated rings. The van der Waals surface area contributed by atoms with Crippen LogP contribution in [0.1, 0.15) is 37.6 Å². The van der Waals surface area contributed by atoms with E-state index in [-0.39, 0.29) is 5.91 Å². The van der Waals surface area contributed by atoms with Crippen molar-refractivity contribution in [3.05, 3.63) is 83.8 Å². The fourth-order valence-corrected chi connectivity index (χ4v) is 4.61. The van der Waals surface area contributed by atoms with Gasteiger partial charge in [-0.25, -0.2) is 0 Å². The number of benzene rings is 2. The van der Waals surface area contributed by atoms with Crippen LogP contribution in [-0.2, 0) is 11.2 Å². The molecule has 5 nitrogen and oxygen atoms in total. The molecule has 0 unspecified atom stereocenters. The Balaban J connectivity index is 1.56. The minimum atomic E-state index is 0.128. The molecule has 1 amide bonds. The third kappa shape index (κ3) is 4.65. The van der Waals surface area contributed by atoms with Crippen molar-refractivity contribution in [2.75, 3.05) is 12.3 Å². The van der Waals surface area contributed by atoms with E-state index < -0.39 is 0 Å². The first-order chi connectivity index (χ1) is 14.8. The number of aromatic nitrogens is 3. The topological polar surface area (TPSA) is 51.0 Å². The Kier molecular flexibility index (Phi) is 6.64. The van der Waals surface area contributed by atoms with Crippen LogP contribution >= 0.6 is 11.8 Å². The molecule has 0 radical (unpaired) electrons. The summed E-state index contributed by atoms with van der Waals surface area (Å²) in [5, 5.41) is 9.65. The highest BCUT2D eigenvalue weighted by Gasteiger charge is 2.21. The molecule has 2 aromatic carbocycles. The lowest BCUT2D eigenvalue weighted by molar-refractivity contribution is -0.126. The van der Waals surface area contributed by atoms with Crippen molar-refractivity contribution in [1.29, 1.82) is 0 Å². The molecule has 0 spiro atoms. The highest BCUT2D eigenvalue weighted by atomic mass is 32.2. The lowest BCUT2D eigenvalue weighted by Gasteiger charge is -2.22. The molecule has 0 N–H and O–H groups in total. The second-order valence-electron chi connectivity index (χ2n) is 7.25. The summed E-state index contributed by atoms with van der Waals surface area (Å²) in [7, 11) is 0. The van der Waals surface area contributed by atoms with E-state index >= 15 is 0 Å². The van der Waals surface area contributed by atoms with E-state index in [1.165, 1.54) is 17.3 Å². The molecule has 0 aliphatic heterocycles. The van der Waals surface area contributed by atoms with Crippen LogP contribution in [0.3, 0.4) is 0 Å². The maximum absolute atomic E-state index is 12.9. The van der Waals surface area contributed by atoms with Gasteiger partial charge in [0.2, 0.25) is 5.91 Å². The largest absolute Gasteiger partial charge is 0.316 e. The van der Waals surface area contributed by atoms with E-state index in [0.29, 0.717) is 18.7 Å². The maximum atomic E-state index is 12.9. The Morgan fingerprint density at radius 1 is 1.07 bits per heavy atom. The maximum Gasteiger partial charge on any atom is 0.237 e. The third-order valence-corrected chi connectivity index (χ3v) is 6.14. The molecule has 30 heavy (non-hydrogen) atoms. The average molecular weight is 419 g/mol. The summed E-state index contributed by atoms with van der Waals surface area (Å²) < 4.78 is 2.07. The van der Waals surface area contributed by atoms with Crippen molar-refractivity contribution < 1.29 is 4.79 Å². The van der Waals surface area contributed by atoms with Gasteiger partial charge in [0, 0.05) is 24.4 Å². The predicted molar refractivity (Wildman–Crippen MR) is 121 cm³/mol. The first-order valence-electron chi connectivity index (χ1n) is 10.4. The van der Waals surface area contributed by atoms with E-state index in [1.807, 2.05) is 60.4 Å². The van der Waals surface area contributed by atoms with Crippen LogP contribution in [-0.4, -0.2) is 37.9 Å². The molecule has 0 bridgehead atoms. The van der Waals surface area contributed by atoms with Gasteiger partial charge in [0.05, 0.1) is 5.75 Å². The Hall–Kier alpha value is -2.86. The quantitative estimate of drug-likeness (QED) is 0.490.